The molecule has 0 spiro atoms. The molecule has 0 radical (unpaired) electrons. The van der Waals surface area contributed by atoms with Gasteiger partial charge in [-0.2, -0.15) is 0 Å². The summed E-state index contributed by atoms with van der Waals surface area (Å²) in [4.78, 5) is 30.3. The molecule has 1 aromatic heterocycles. The van der Waals surface area contributed by atoms with Crippen LogP contribution in [0, 0.1) is 12.8 Å². The standard InChI is InChI=1S/C20H19ClN2O6/c1-9-3-4-10-7-14(20(26)28-17(10)16(9)27-2)22-19(25)13-8-11-12(21)5-6-15(24)18(11)29-23-13/h3-7,11-12,15,18,24H,8H2,1-2H3,(H,22,25)/t11-,12-,15-,18-/m1/s1. The number of aryl methyl sites for hydroxylation is 1. The number of hydrogen-bond donors (Lipinski definition) is 2. The van der Waals surface area contributed by atoms with Crippen molar-refractivity contribution in [2.75, 3.05) is 12.4 Å². The van der Waals surface area contributed by atoms with Crippen molar-refractivity contribution in [1.29, 1.82) is 0 Å². The van der Waals surface area contributed by atoms with Crippen LogP contribution >= 0.6 is 11.6 Å². The number of aliphatic hydroxyl groups excluding tert-OH is 1. The third kappa shape index (κ3) is 3.49. The van der Waals surface area contributed by atoms with Crippen LogP contribution in [0.15, 0.2) is 44.7 Å². The van der Waals surface area contributed by atoms with Crippen LogP contribution in [-0.2, 0) is 9.63 Å². The van der Waals surface area contributed by atoms with E-state index in [1.165, 1.54) is 13.2 Å². The predicted molar refractivity (Wildman–Crippen MR) is 108 cm³/mol. The largest absolute Gasteiger partial charge is 0.493 e. The van der Waals surface area contributed by atoms with Gasteiger partial charge in [-0.15, -0.1) is 11.6 Å². The van der Waals surface area contributed by atoms with Gasteiger partial charge in [-0.05, 0) is 18.6 Å². The maximum absolute atomic E-state index is 12.6. The first-order chi connectivity index (χ1) is 13.9. The zero-order chi connectivity index (χ0) is 20.7. The lowest BCUT2D eigenvalue weighted by atomic mass is 9.84. The average Bonchev–Trinajstić information content (AvgIpc) is 2.71. The number of ether oxygens (including phenoxy) is 1. The zero-order valence-electron chi connectivity index (χ0n) is 15.7. The molecule has 4 atom stereocenters. The van der Waals surface area contributed by atoms with Crippen molar-refractivity contribution in [3.63, 3.8) is 0 Å². The molecule has 1 aromatic carbocycles. The van der Waals surface area contributed by atoms with Gasteiger partial charge in [0.25, 0.3) is 5.91 Å². The number of amides is 1. The molecule has 2 N–H and O–H groups in total. The Morgan fingerprint density at radius 3 is 2.93 bits per heavy atom. The van der Waals surface area contributed by atoms with Crippen LogP contribution in [0.2, 0.25) is 0 Å². The summed E-state index contributed by atoms with van der Waals surface area (Å²) in [6.07, 6.45) is 1.98. The molecule has 0 saturated carbocycles. The summed E-state index contributed by atoms with van der Waals surface area (Å²) < 4.78 is 10.7. The molecule has 29 heavy (non-hydrogen) atoms. The van der Waals surface area contributed by atoms with Crippen molar-refractivity contribution in [1.82, 2.24) is 0 Å². The summed E-state index contributed by atoms with van der Waals surface area (Å²) in [5.41, 5.74) is 0.480. The Morgan fingerprint density at radius 2 is 2.17 bits per heavy atom. The number of nitrogens with one attached hydrogen (secondary N) is 1. The molecule has 8 nitrogen and oxygen atoms in total. The molecule has 2 heterocycles. The molecule has 0 bridgehead atoms. The van der Waals surface area contributed by atoms with Crippen molar-refractivity contribution in [3.8, 4) is 5.75 Å². The summed E-state index contributed by atoms with van der Waals surface area (Å²) in [6.45, 7) is 1.84. The van der Waals surface area contributed by atoms with E-state index in [-0.39, 0.29) is 23.7 Å². The number of oxime groups is 1. The quantitative estimate of drug-likeness (QED) is 0.449. The number of alkyl halides is 1. The lowest BCUT2D eigenvalue weighted by Crippen LogP contribution is -2.46. The van der Waals surface area contributed by atoms with Gasteiger partial charge in [0.15, 0.2) is 17.4 Å². The van der Waals surface area contributed by atoms with Gasteiger partial charge >= 0.3 is 5.63 Å². The maximum Gasteiger partial charge on any atom is 0.360 e. The number of aliphatic hydroxyl groups is 1. The third-order valence-corrected chi connectivity index (χ3v) is 5.61. The van der Waals surface area contributed by atoms with Gasteiger partial charge in [-0.3, -0.25) is 4.79 Å². The van der Waals surface area contributed by atoms with Crippen molar-refractivity contribution < 1.29 is 23.9 Å². The molecule has 152 valence electrons. The Bertz CT molecular complexity index is 1090. The van der Waals surface area contributed by atoms with Gasteiger partial charge in [0.05, 0.1) is 12.5 Å². The van der Waals surface area contributed by atoms with Crippen LogP contribution in [0.5, 0.6) is 5.75 Å². The van der Waals surface area contributed by atoms with E-state index in [0.29, 0.717) is 16.7 Å². The predicted octanol–water partition coefficient (Wildman–Crippen LogP) is 2.35. The van der Waals surface area contributed by atoms with E-state index >= 15 is 0 Å². The van der Waals surface area contributed by atoms with Gasteiger partial charge in [0.2, 0.25) is 0 Å². The second kappa shape index (κ2) is 7.53. The number of halogens is 1. The molecular weight excluding hydrogens is 400 g/mol. The van der Waals surface area contributed by atoms with Gasteiger partial charge in [-0.25, -0.2) is 4.79 Å². The van der Waals surface area contributed by atoms with E-state index in [4.69, 9.17) is 25.6 Å². The van der Waals surface area contributed by atoms with Gasteiger partial charge < -0.3 is 24.4 Å². The number of anilines is 1. The number of fused-ring (bicyclic) bond motifs is 2. The summed E-state index contributed by atoms with van der Waals surface area (Å²) in [7, 11) is 1.49. The topological polar surface area (TPSA) is 110 Å². The first-order valence-electron chi connectivity index (χ1n) is 9.05. The number of nitrogens with zero attached hydrogens (tertiary/aromatic N) is 1. The molecule has 0 saturated heterocycles. The van der Waals surface area contributed by atoms with Gasteiger partial charge in [0, 0.05) is 17.7 Å². The number of rotatable bonds is 3. The second-order valence-corrected chi connectivity index (χ2v) is 7.54. The van der Waals surface area contributed by atoms with Crippen molar-refractivity contribution >= 4 is 39.9 Å². The normalized spacial score (nSPS) is 25.7. The average molecular weight is 419 g/mol. The third-order valence-electron chi connectivity index (χ3n) is 5.14. The first-order valence-corrected chi connectivity index (χ1v) is 9.48. The fourth-order valence-corrected chi connectivity index (χ4v) is 3.90. The highest BCUT2D eigenvalue weighted by Gasteiger charge is 2.41. The fraction of sp³-hybridized carbons (Fsp3) is 0.350. The number of carbonyl (C=O) groups excluding carboxylic acids is 1. The number of benzene rings is 1. The van der Waals surface area contributed by atoms with E-state index in [2.05, 4.69) is 10.5 Å². The van der Waals surface area contributed by atoms with Crippen LogP contribution in [0.4, 0.5) is 5.69 Å². The molecule has 1 aliphatic carbocycles. The van der Waals surface area contributed by atoms with Crippen molar-refractivity contribution in [2.45, 2.75) is 30.9 Å². The van der Waals surface area contributed by atoms with Crippen LogP contribution in [0.25, 0.3) is 11.0 Å². The van der Waals surface area contributed by atoms with Crippen LogP contribution in [-0.4, -0.2) is 41.4 Å². The first kappa shape index (κ1) is 19.5. The molecule has 0 unspecified atom stereocenters. The smallest absolute Gasteiger partial charge is 0.360 e. The van der Waals surface area contributed by atoms with Gasteiger partial charge in [-0.1, -0.05) is 29.4 Å². The fourth-order valence-electron chi connectivity index (χ4n) is 3.59. The second-order valence-electron chi connectivity index (χ2n) is 7.03. The highest BCUT2D eigenvalue weighted by atomic mass is 35.5. The lowest BCUT2D eigenvalue weighted by Gasteiger charge is -2.35. The Hall–Kier alpha value is -2.84. The van der Waals surface area contributed by atoms with E-state index < -0.39 is 29.1 Å². The summed E-state index contributed by atoms with van der Waals surface area (Å²) in [5.74, 6) is -0.442. The lowest BCUT2D eigenvalue weighted by molar-refractivity contribution is -0.112. The van der Waals surface area contributed by atoms with Gasteiger partial charge in [0.1, 0.15) is 17.5 Å². The highest BCUT2D eigenvalue weighted by Crippen LogP contribution is 2.33. The van der Waals surface area contributed by atoms with Crippen LogP contribution in [0.3, 0.4) is 0 Å². The van der Waals surface area contributed by atoms with Crippen LogP contribution in [0.1, 0.15) is 12.0 Å². The highest BCUT2D eigenvalue weighted by molar-refractivity contribution is 6.43. The number of hydrogen-bond acceptors (Lipinski definition) is 7. The Kier molecular flexibility index (Phi) is 5.06. The Balaban J connectivity index is 1.59. The van der Waals surface area contributed by atoms with E-state index in [1.54, 1.807) is 18.2 Å². The maximum atomic E-state index is 12.6. The molecule has 4 rings (SSSR count). The summed E-state index contributed by atoms with van der Waals surface area (Å²) in [6, 6.07) is 5.12. The molecule has 1 amide bonds. The Labute approximate surface area is 170 Å². The van der Waals surface area contributed by atoms with Crippen molar-refractivity contribution in [2.24, 2.45) is 11.1 Å². The zero-order valence-corrected chi connectivity index (χ0v) is 16.5. The number of allylic oxidation sites excluding steroid dienone is 1. The molecular formula is C20H19ClN2O6. The minimum Gasteiger partial charge on any atom is -0.493 e. The van der Waals surface area contributed by atoms with E-state index in [9.17, 15) is 14.7 Å². The molecule has 2 aliphatic rings. The minimum atomic E-state index is -0.839. The van der Waals surface area contributed by atoms with Crippen molar-refractivity contribution in [3.05, 3.63) is 46.3 Å². The summed E-state index contributed by atoms with van der Waals surface area (Å²) in [5, 5.41) is 16.5. The van der Waals surface area contributed by atoms with E-state index in [1.807, 2.05) is 13.0 Å². The summed E-state index contributed by atoms with van der Waals surface area (Å²) >= 11 is 6.28. The van der Waals surface area contributed by atoms with Crippen LogP contribution < -0.4 is 15.7 Å². The molecule has 9 heteroatoms. The van der Waals surface area contributed by atoms with E-state index in [0.717, 1.165) is 5.56 Å². The monoisotopic (exact) mass is 418 g/mol. The Morgan fingerprint density at radius 1 is 1.38 bits per heavy atom. The number of methoxy groups -OCH3 is 1. The molecule has 1 aliphatic heterocycles. The molecule has 0 fully saturated rings. The minimum absolute atomic E-state index is 0.0239. The molecule has 2 aromatic rings. The SMILES string of the molecule is COc1c(C)ccc2cc(NC(=O)C3=NO[C@@H]4[C@H](C3)[C@H](Cl)C=C[C@H]4O)c(=O)oc12. The number of carbonyl (C=O) groups is 1.